The van der Waals surface area contributed by atoms with Crippen molar-refractivity contribution < 1.29 is 0 Å². The van der Waals surface area contributed by atoms with E-state index in [2.05, 4.69) is 41.9 Å². The first-order valence-corrected chi connectivity index (χ1v) is 7.37. The predicted molar refractivity (Wildman–Crippen MR) is 77.6 cm³/mol. The minimum Gasteiger partial charge on any atom is -0.324 e. The van der Waals surface area contributed by atoms with Gasteiger partial charge in [-0.25, -0.2) is 4.98 Å². The largest absolute Gasteiger partial charge is 0.324 e. The molecule has 4 rings (SSSR count). The van der Waals surface area contributed by atoms with E-state index in [0.29, 0.717) is 6.04 Å². The maximum absolute atomic E-state index is 5.01. The first-order valence-electron chi connectivity index (χ1n) is 7.37. The van der Waals surface area contributed by atoms with Crippen molar-refractivity contribution in [2.45, 2.75) is 44.6 Å². The summed E-state index contributed by atoms with van der Waals surface area (Å²) in [4.78, 5) is 5.01. The van der Waals surface area contributed by atoms with Gasteiger partial charge in [0.1, 0.15) is 5.82 Å². The van der Waals surface area contributed by atoms with Crippen LogP contribution in [0.2, 0.25) is 0 Å². The smallest absolute Gasteiger partial charge is 0.117 e. The number of rotatable bonds is 2. The van der Waals surface area contributed by atoms with Gasteiger partial charge in [0, 0.05) is 18.0 Å². The Morgan fingerprint density at radius 3 is 2.89 bits per heavy atom. The minimum atomic E-state index is 0.204. The van der Waals surface area contributed by atoms with Crippen LogP contribution in [0.25, 0.3) is 11.0 Å². The fourth-order valence-electron chi connectivity index (χ4n) is 3.34. The number of fused-ring (bicyclic) bond motifs is 1. The molecule has 0 bridgehead atoms. The lowest BCUT2D eigenvalue weighted by Crippen LogP contribution is -2.29. The quantitative estimate of drug-likeness (QED) is 0.894. The van der Waals surface area contributed by atoms with Crippen LogP contribution in [-0.2, 0) is 5.41 Å². The van der Waals surface area contributed by atoms with Crippen molar-refractivity contribution in [3.05, 3.63) is 29.6 Å². The summed E-state index contributed by atoms with van der Waals surface area (Å²) in [5, 5.41) is 3.50. The van der Waals surface area contributed by atoms with Gasteiger partial charge >= 0.3 is 0 Å². The molecular formula is C16H21N3. The molecule has 2 aliphatic rings. The molecule has 1 aromatic heterocycles. The average Bonchev–Trinajstić information content (AvgIpc) is 3.01. The molecule has 1 atom stereocenters. The Morgan fingerprint density at radius 2 is 2.21 bits per heavy atom. The Labute approximate surface area is 114 Å². The van der Waals surface area contributed by atoms with Crippen molar-refractivity contribution in [1.82, 2.24) is 14.9 Å². The summed E-state index contributed by atoms with van der Waals surface area (Å²) >= 11 is 0. The van der Waals surface area contributed by atoms with E-state index in [-0.39, 0.29) is 5.41 Å². The van der Waals surface area contributed by atoms with E-state index in [1.54, 1.807) is 0 Å². The zero-order chi connectivity index (χ0) is 13.0. The van der Waals surface area contributed by atoms with Crippen molar-refractivity contribution in [2.24, 2.45) is 0 Å². The molecule has 100 valence electrons. The molecule has 2 heterocycles. The van der Waals surface area contributed by atoms with Gasteiger partial charge in [0.15, 0.2) is 0 Å². The van der Waals surface area contributed by atoms with Crippen LogP contribution >= 0.6 is 0 Å². The average molecular weight is 255 g/mol. The number of hydrogen-bond acceptors (Lipinski definition) is 2. The monoisotopic (exact) mass is 255 g/mol. The summed E-state index contributed by atoms with van der Waals surface area (Å²) < 4.78 is 2.53. The molecule has 0 amide bonds. The van der Waals surface area contributed by atoms with E-state index in [1.165, 1.54) is 41.7 Å². The SMILES string of the molecule is Cc1ccc2c(c1)nc(C1(C)CCNC1)n2C1CC1. The summed E-state index contributed by atoms with van der Waals surface area (Å²) in [6, 6.07) is 7.39. The van der Waals surface area contributed by atoms with Crippen LogP contribution in [0, 0.1) is 6.92 Å². The van der Waals surface area contributed by atoms with E-state index in [9.17, 15) is 0 Å². The number of hydrogen-bond donors (Lipinski definition) is 1. The topological polar surface area (TPSA) is 29.9 Å². The molecule has 1 saturated heterocycles. The van der Waals surface area contributed by atoms with Crippen molar-refractivity contribution in [1.29, 1.82) is 0 Å². The van der Waals surface area contributed by atoms with Gasteiger partial charge in [-0.15, -0.1) is 0 Å². The Balaban J connectivity index is 1.96. The van der Waals surface area contributed by atoms with Gasteiger partial charge in [-0.05, 0) is 50.4 Å². The van der Waals surface area contributed by atoms with Gasteiger partial charge in [0.2, 0.25) is 0 Å². The molecule has 1 aliphatic carbocycles. The van der Waals surface area contributed by atoms with Gasteiger partial charge in [-0.1, -0.05) is 13.0 Å². The zero-order valence-electron chi connectivity index (χ0n) is 11.7. The summed E-state index contributed by atoms with van der Waals surface area (Å²) in [6.07, 6.45) is 3.83. The highest BCUT2D eigenvalue weighted by atomic mass is 15.2. The highest BCUT2D eigenvalue weighted by Gasteiger charge is 2.39. The molecule has 2 aromatic rings. The lowest BCUT2D eigenvalue weighted by molar-refractivity contribution is 0.462. The van der Waals surface area contributed by atoms with E-state index >= 15 is 0 Å². The Morgan fingerprint density at radius 1 is 1.37 bits per heavy atom. The van der Waals surface area contributed by atoms with Crippen LogP contribution in [0.5, 0.6) is 0 Å². The summed E-state index contributed by atoms with van der Waals surface area (Å²) in [5.74, 6) is 1.31. The molecule has 0 spiro atoms. The second-order valence-corrected chi connectivity index (χ2v) is 6.52. The second-order valence-electron chi connectivity index (χ2n) is 6.52. The van der Waals surface area contributed by atoms with E-state index in [0.717, 1.165) is 13.1 Å². The first kappa shape index (κ1) is 11.5. The molecule has 1 N–H and O–H groups in total. The Bertz CT molecular complexity index is 631. The van der Waals surface area contributed by atoms with Gasteiger partial charge in [-0.2, -0.15) is 0 Å². The van der Waals surface area contributed by atoms with Crippen molar-refractivity contribution >= 4 is 11.0 Å². The summed E-state index contributed by atoms with van der Waals surface area (Å²) in [6.45, 7) is 6.68. The first-order chi connectivity index (χ1) is 9.17. The number of aryl methyl sites for hydroxylation is 1. The van der Waals surface area contributed by atoms with E-state index in [1.807, 2.05) is 0 Å². The Kier molecular flexibility index (Phi) is 2.31. The lowest BCUT2D eigenvalue weighted by atomic mass is 9.88. The van der Waals surface area contributed by atoms with Gasteiger partial charge < -0.3 is 9.88 Å². The van der Waals surface area contributed by atoms with Crippen LogP contribution in [0.3, 0.4) is 0 Å². The molecule has 1 aromatic carbocycles. The number of nitrogens with zero attached hydrogens (tertiary/aromatic N) is 2. The zero-order valence-corrected chi connectivity index (χ0v) is 11.7. The van der Waals surface area contributed by atoms with E-state index < -0.39 is 0 Å². The molecule has 19 heavy (non-hydrogen) atoms. The molecular weight excluding hydrogens is 234 g/mol. The molecule has 0 radical (unpaired) electrons. The highest BCUT2D eigenvalue weighted by molar-refractivity contribution is 5.77. The summed E-state index contributed by atoms with van der Waals surface area (Å²) in [5.41, 5.74) is 4.01. The minimum absolute atomic E-state index is 0.204. The fraction of sp³-hybridized carbons (Fsp3) is 0.562. The van der Waals surface area contributed by atoms with Crippen LogP contribution < -0.4 is 5.32 Å². The third-order valence-electron chi connectivity index (χ3n) is 4.67. The van der Waals surface area contributed by atoms with Crippen LogP contribution in [0.1, 0.15) is 43.6 Å². The maximum atomic E-state index is 5.01. The predicted octanol–water partition coefficient (Wildman–Crippen LogP) is 2.93. The molecule has 1 aliphatic heterocycles. The highest BCUT2D eigenvalue weighted by Crippen LogP contribution is 2.42. The van der Waals surface area contributed by atoms with Crippen molar-refractivity contribution in [3.63, 3.8) is 0 Å². The number of aromatic nitrogens is 2. The summed E-state index contributed by atoms with van der Waals surface area (Å²) in [7, 11) is 0. The van der Waals surface area contributed by atoms with Crippen molar-refractivity contribution in [3.8, 4) is 0 Å². The van der Waals surface area contributed by atoms with Crippen LogP contribution in [0.4, 0.5) is 0 Å². The standard InChI is InChI=1S/C16H21N3/c1-11-3-6-14-13(9-11)18-15(19(14)12-4-5-12)16(2)7-8-17-10-16/h3,6,9,12,17H,4-5,7-8,10H2,1-2H3. The van der Waals surface area contributed by atoms with Gasteiger partial charge in [0.05, 0.1) is 11.0 Å². The normalized spacial score (nSPS) is 27.3. The van der Waals surface area contributed by atoms with Crippen LogP contribution in [0.15, 0.2) is 18.2 Å². The molecule has 1 unspecified atom stereocenters. The molecule has 3 heteroatoms. The molecule has 3 nitrogen and oxygen atoms in total. The molecule has 1 saturated carbocycles. The van der Waals surface area contributed by atoms with Crippen LogP contribution in [-0.4, -0.2) is 22.6 Å². The third-order valence-corrected chi connectivity index (χ3v) is 4.67. The fourth-order valence-corrected chi connectivity index (χ4v) is 3.34. The van der Waals surface area contributed by atoms with Gasteiger partial charge in [0.25, 0.3) is 0 Å². The van der Waals surface area contributed by atoms with Crippen molar-refractivity contribution in [2.75, 3.05) is 13.1 Å². The Hall–Kier alpha value is -1.35. The van der Waals surface area contributed by atoms with E-state index in [4.69, 9.17) is 4.98 Å². The second kappa shape index (κ2) is 3.83. The third kappa shape index (κ3) is 1.71. The number of imidazole rings is 1. The number of nitrogens with one attached hydrogen (secondary N) is 1. The van der Waals surface area contributed by atoms with Gasteiger partial charge in [-0.3, -0.25) is 0 Å². The number of benzene rings is 1. The molecule has 2 fully saturated rings. The maximum Gasteiger partial charge on any atom is 0.117 e. The lowest BCUT2D eigenvalue weighted by Gasteiger charge is -2.23.